The molecule has 2 aromatic carbocycles. The van der Waals surface area contributed by atoms with Crippen LogP contribution in [-0.2, 0) is 11.3 Å². The molecular formula is C34H37BClN3O6. The van der Waals surface area contributed by atoms with E-state index in [0.29, 0.717) is 23.4 Å². The van der Waals surface area contributed by atoms with Gasteiger partial charge in [0.15, 0.2) is 18.9 Å². The highest BCUT2D eigenvalue weighted by atomic mass is 35.5. The van der Waals surface area contributed by atoms with Crippen LogP contribution in [-0.4, -0.2) is 53.5 Å². The Bertz CT molecular complexity index is 1690. The Morgan fingerprint density at radius 1 is 1.02 bits per heavy atom. The third-order valence-corrected chi connectivity index (χ3v) is 8.05. The van der Waals surface area contributed by atoms with Crippen LogP contribution in [0.2, 0.25) is 0 Å². The second kappa shape index (κ2) is 16.2. The molecule has 1 aliphatic heterocycles. The van der Waals surface area contributed by atoms with Gasteiger partial charge in [-0.1, -0.05) is 43.2 Å². The highest BCUT2D eigenvalue weighted by Crippen LogP contribution is 2.23. The highest BCUT2D eigenvalue weighted by Gasteiger charge is 2.23. The first-order chi connectivity index (χ1) is 21.4. The standard InChI is InChI=1S/C34H36BN3O6.ClH/c39-32(36-17-5-4-7-25-15-19-38(20-16-25)33(40)27-9-2-1-3-10-27)14-11-26-8-6-18-37(23-26)24-29-21-28-12-13-30(35(42)43)22-31(28)44-34(29)41;/h1-3,6,8-14,18,21-23,25,42-43H,4-5,7,15-17,19-20,24H2;1H/b14-11+;. The number of fused-ring (bicyclic) bond motifs is 1. The van der Waals surface area contributed by atoms with Crippen molar-refractivity contribution in [1.82, 2.24) is 10.2 Å². The number of nitrogens with zero attached hydrogens (tertiary/aromatic N) is 2. The number of unbranched alkanes of at least 4 members (excludes halogenated alkanes) is 1. The first-order valence-corrected chi connectivity index (χ1v) is 15.1. The van der Waals surface area contributed by atoms with Crippen molar-refractivity contribution in [2.45, 2.75) is 38.6 Å². The van der Waals surface area contributed by atoms with Crippen LogP contribution < -0.4 is 33.4 Å². The molecule has 3 N–H and O–H groups in total. The van der Waals surface area contributed by atoms with Gasteiger partial charge in [0, 0.05) is 48.3 Å². The van der Waals surface area contributed by atoms with Crippen molar-refractivity contribution in [3.05, 3.63) is 112 Å². The molecule has 3 heterocycles. The zero-order chi connectivity index (χ0) is 30.9. The number of carbonyl (C=O) groups is 2. The number of likely N-dealkylation sites (tertiary alicyclic amines) is 1. The maximum absolute atomic E-state index is 12.6. The lowest BCUT2D eigenvalue weighted by molar-refractivity contribution is -0.688. The number of aromatic nitrogens is 1. The number of nitrogens with one attached hydrogen (secondary N) is 1. The van der Waals surface area contributed by atoms with Gasteiger partial charge in [-0.3, -0.25) is 9.59 Å². The van der Waals surface area contributed by atoms with E-state index in [1.165, 1.54) is 12.1 Å². The number of pyridine rings is 1. The van der Waals surface area contributed by atoms with Crippen molar-refractivity contribution in [3.63, 3.8) is 0 Å². The molecule has 0 unspecified atom stereocenters. The Kier molecular flexibility index (Phi) is 12.1. The number of hydrogen-bond donors (Lipinski definition) is 3. The monoisotopic (exact) mass is 629 g/mol. The predicted molar refractivity (Wildman–Crippen MR) is 169 cm³/mol. The number of piperidine rings is 1. The van der Waals surface area contributed by atoms with Gasteiger partial charge in [0.2, 0.25) is 5.91 Å². The molecule has 45 heavy (non-hydrogen) atoms. The number of amides is 2. The molecule has 1 fully saturated rings. The van der Waals surface area contributed by atoms with Gasteiger partial charge in [0.05, 0.1) is 0 Å². The smallest absolute Gasteiger partial charge is 0.488 e. The van der Waals surface area contributed by atoms with E-state index in [1.807, 2.05) is 64.3 Å². The summed E-state index contributed by atoms with van der Waals surface area (Å²) in [5, 5.41) is 22.3. The van der Waals surface area contributed by atoms with Gasteiger partial charge >= 0.3 is 12.7 Å². The second-order valence-electron chi connectivity index (χ2n) is 11.3. The lowest BCUT2D eigenvalue weighted by atomic mass is 9.80. The van der Waals surface area contributed by atoms with Crippen LogP contribution in [0.1, 0.15) is 53.6 Å². The minimum atomic E-state index is -1.64. The summed E-state index contributed by atoms with van der Waals surface area (Å²) >= 11 is 0. The quantitative estimate of drug-likeness (QED) is 0.0687. The SMILES string of the molecule is O=C(/C=C/c1ccc[n+](Cc2cc3ccc(B(O)O)cc3oc2=O)c1)NCCCCC1CCN(C(=O)c2ccccc2)CC1.[Cl-]. The normalized spacial score (nSPS) is 13.5. The van der Waals surface area contributed by atoms with Gasteiger partial charge in [-0.2, -0.15) is 4.57 Å². The van der Waals surface area contributed by atoms with E-state index in [9.17, 15) is 24.4 Å². The fraction of sp³-hybridized carbons (Fsp3) is 0.294. The van der Waals surface area contributed by atoms with Crippen LogP contribution in [0.3, 0.4) is 0 Å². The molecule has 1 aliphatic rings. The summed E-state index contributed by atoms with van der Waals surface area (Å²) in [4.78, 5) is 39.5. The molecule has 0 radical (unpaired) electrons. The largest absolute Gasteiger partial charge is 1.00 e. The zero-order valence-electron chi connectivity index (χ0n) is 25.0. The van der Waals surface area contributed by atoms with Crippen molar-refractivity contribution in [2.75, 3.05) is 19.6 Å². The third kappa shape index (κ3) is 9.37. The van der Waals surface area contributed by atoms with E-state index in [2.05, 4.69) is 5.32 Å². The highest BCUT2D eigenvalue weighted by molar-refractivity contribution is 6.58. The van der Waals surface area contributed by atoms with Gasteiger partial charge in [0.1, 0.15) is 11.1 Å². The summed E-state index contributed by atoms with van der Waals surface area (Å²) < 4.78 is 7.25. The van der Waals surface area contributed by atoms with Crippen molar-refractivity contribution in [1.29, 1.82) is 0 Å². The zero-order valence-corrected chi connectivity index (χ0v) is 25.7. The molecule has 0 aliphatic carbocycles. The second-order valence-corrected chi connectivity index (χ2v) is 11.3. The molecule has 234 valence electrons. The Morgan fingerprint density at radius 2 is 1.80 bits per heavy atom. The Morgan fingerprint density at radius 3 is 2.56 bits per heavy atom. The molecular weight excluding hydrogens is 593 g/mol. The molecule has 1 saturated heterocycles. The lowest BCUT2D eigenvalue weighted by Gasteiger charge is -2.32. The van der Waals surface area contributed by atoms with Crippen LogP contribution in [0.4, 0.5) is 0 Å². The molecule has 0 spiro atoms. The van der Waals surface area contributed by atoms with E-state index < -0.39 is 12.7 Å². The van der Waals surface area contributed by atoms with Crippen molar-refractivity contribution in [3.8, 4) is 0 Å². The lowest BCUT2D eigenvalue weighted by Crippen LogP contribution is -3.00. The fourth-order valence-electron chi connectivity index (χ4n) is 5.57. The molecule has 11 heteroatoms. The van der Waals surface area contributed by atoms with Crippen molar-refractivity contribution in [2.24, 2.45) is 5.92 Å². The topological polar surface area (TPSA) is 124 Å². The van der Waals surface area contributed by atoms with Gasteiger partial charge in [-0.25, -0.2) is 4.79 Å². The molecule has 0 saturated carbocycles. The number of benzene rings is 2. The molecule has 0 bridgehead atoms. The first kappa shape index (κ1) is 33.6. The maximum Gasteiger partial charge on any atom is 0.488 e. The van der Waals surface area contributed by atoms with Gasteiger partial charge in [-0.05, 0) is 67.1 Å². The van der Waals surface area contributed by atoms with Gasteiger partial charge in [0.25, 0.3) is 5.91 Å². The maximum atomic E-state index is 12.6. The van der Waals surface area contributed by atoms with Crippen molar-refractivity contribution < 1.29 is 41.0 Å². The van der Waals surface area contributed by atoms with Crippen LogP contribution in [0.25, 0.3) is 17.0 Å². The van der Waals surface area contributed by atoms with Crippen LogP contribution in [0.15, 0.2) is 94.4 Å². The molecule has 4 aromatic rings. The fourth-order valence-corrected chi connectivity index (χ4v) is 5.57. The average molecular weight is 630 g/mol. The summed E-state index contributed by atoms with van der Waals surface area (Å²) in [6, 6.07) is 19.6. The van der Waals surface area contributed by atoms with E-state index in [1.54, 1.807) is 24.3 Å². The van der Waals surface area contributed by atoms with Gasteiger partial charge < -0.3 is 37.1 Å². The van der Waals surface area contributed by atoms with E-state index in [-0.39, 0.29) is 41.8 Å². The van der Waals surface area contributed by atoms with Crippen LogP contribution in [0, 0.1) is 5.92 Å². The Balaban J connectivity index is 0.00000461. The molecule has 2 amide bonds. The van der Waals surface area contributed by atoms with Crippen LogP contribution in [0.5, 0.6) is 0 Å². The first-order valence-electron chi connectivity index (χ1n) is 15.1. The third-order valence-electron chi connectivity index (χ3n) is 8.05. The molecule has 0 atom stereocenters. The summed E-state index contributed by atoms with van der Waals surface area (Å²) in [6.45, 7) is 2.48. The molecule has 5 rings (SSSR count). The van der Waals surface area contributed by atoms with E-state index >= 15 is 0 Å². The van der Waals surface area contributed by atoms with E-state index in [4.69, 9.17) is 4.42 Å². The Hall–Kier alpha value is -4.25. The molecule has 2 aromatic heterocycles. The number of carbonyl (C=O) groups excluding carboxylic acids is 2. The van der Waals surface area contributed by atoms with Crippen molar-refractivity contribution >= 4 is 41.4 Å². The van der Waals surface area contributed by atoms with Gasteiger partial charge in [-0.15, -0.1) is 0 Å². The minimum Gasteiger partial charge on any atom is -1.00 e. The number of hydrogen-bond acceptors (Lipinski definition) is 6. The summed E-state index contributed by atoms with van der Waals surface area (Å²) in [5.41, 5.74) is 2.04. The number of halogens is 1. The summed E-state index contributed by atoms with van der Waals surface area (Å²) in [5.74, 6) is 0.573. The van der Waals surface area contributed by atoms with Crippen LogP contribution >= 0.6 is 0 Å². The summed E-state index contributed by atoms with van der Waals surface area (Å²) in [6.07, 6.45) is 12.0. The molecule has 9 nitrogen and oxygen atoms in total. The number of rotatable bonds is 11. The summed E-state index contributed by atoms with van der Waals surface area (Å²) in [7, 11) is -1.64. The predicted octanol–water partition coefficient (Wildman–Crippen LogP) is -0.335. The Labute approximate surface area is 268 Å². The average Bonchev–Trinajstić information content (AvgIpc) is 3.04. The van der Waals surface area contributed by atoms with E-state index in [0.717, 1.165) is 56.3 Å². The minimum absolute atomic E-state index is 0.